The van der Waals surface area contributed by atoms with Crippen molar-refractivity contribution in [2.75, 3.05) is 37.2 Å². The number of rotatable bonds is 3. The highest BCUT2D eigenvalue weighted by atomic mass is 32.1. The van der Waals surface area contributed by atoms with Crippen LogP contribution in [-0.4, -0.2) is 48.0 Å². The number of amides is 1. The standard InChI is InChI=1S/C11H17N5OS/c12-9-8(10(17)16-5-3-13-4-6-16)18-11(15-9)14-7-1-2-7/h7,13H,1-6,12H2,(H,14,15). The van der Waals surface area contributed by atoms with E-state index in [-0.39, 0.29) is 5.91 Å². The maximum atomic E-state index is 12.3. The Morgan fingerprint density at radius 3 is 2.83 bits per heavy atom. The molecule has 1 aromatic rings. The number of nitrogen functional groups attached to an aromatic ring is 1. The number of nitrogens with two attached hydrogens (primary N) is 1. The smallest absolute Gasteiger partial charge is 0.267 e. The monoisotopic (exact) mass is 267 g/mol. The Kier molecular flexibility index (Phi) is 3.09. The summed E-state index contributed by atoms with van der Waals surface area (Å²) in [5, 5.41) is 7.28. The van der Waals surface area contributed by atoms with E-state index in [2.05, 4.69) is 15.6 Å². The van der Waals surface area contributed by atoms with Crippen LogP contribution in [0.5, 0.6) is 0 Å². The minimum Gasteiger partial charge on any atom is -0.382 e. The maximum absolute atomic E-state index is 12.3. The van der Waals surface area contributed by atoms with Gasteiger partial charge in [-0.2, -0.15) is 0 Å². The van der Waals surface area contributed by atoms with E-state index in [4.69, 9.17) is 5.73 Å². The molecule has 2 fully saturated rings. The summed E-state index contributed by atoms with van der Waals surface area (Å²) < 4.78 is 0. The SMILES string of the molecule is Nc1nc(NC2CC2)sc1C(=O)N1CCNCC1. The van der Waals surface area contributed by atoms with Gasteiger partial charge in [0.1, 0.15) is 10.7 Å². The molecule has 0 radical (unpaired) electrons. The molecular weight excluding hydrogens is 250 g/mol. The van der Waals surface area contributed by atoms with Crippen molar-refractivity contribution in [1.29, 1.82) is 0 Å². The highest BCUT2D eigenvalue weighted by molar-refractivity contribution is 7.18. The van der Waals surface area contributed by atoms with E-state index in [9.17, 15) is 4.79 Å². The molecule has 0 bridgehead atoms. The Morgan fingerprint density at radius 1 is 1.44 bits per heavy atom. The third-order valence-corrected chi connectivity index (χ3v) is 4.15. The first kappa shape index (κ1) is 11.7. The van der Waals surface area contributed by atoms with Gasteiger partial charge in [-0.15, -0.1) is 0 Å². The highest BCUT2D eigenvalue weighted by Crippen LogP contribution is 2.31. The number of nitrogens with zero attached hydrogens (tertiary/aromatic N) is 2. The minimum atomic E-state index is 0.00958. The van der Waals surface area contributed by atoms with Gasteiger partial charge < -0.3 is 21.3 Å². The predicted octanol–water partition coefficient (Wildman–Crippen LogP) is 0.345. The van der Waals surface area contributed by atoms with Crippen molar-refractivity contribution in [3.05, 3.63) is 4.88 Å². The second-order valence-corrected chi connectivity index (χ2v) is 5.69. The molecular formula is C11H17N5OS. The minimum absolute atomic E-state index is 0.00958. The van der Waals surface area contributed by atoms with Gasteiger partial charge in [-0.25, -0.2) is 4.98 Å². The largest absolute Gasteiger partial charge is 0.382 e. The molecule has 0 spiro atoms. The quantitative estimate of drug-likeness (QED) is 0.736. The van der Waals surface area contributed by atoms with Gasteiger partial charge in [-0.3, -0.25) is 4.79 Å². The van der Waals surface area contributed by atoms with E-state index in [0.29, 0.717) is 16.7 Å². The average Bonchev–Trinajstić information content (AvgIpc) is 3.12. The van der Waals surface area contributed by atoms with Crippen LogP contribution in [0, 0.1) is 0 Å². The summed E-state index contributed by atoms with van der Waals surface area (Å²) in [6.45, 7) is 3.17. The summed E-state index contributed by atoms with van der Waals surface area (Å²) in [5.74, 6) is 0.363. The van der Waals surface area contributed by atoms with Crippen molar-refractivity contribution in [3.63, 3.8) is 0 Å². The van der Waals surface area contributed by atoms with Crippen molar-refractivity contribution in [1.82, 2.24) is 15.2 Å². The summed E-state index contributed by atoms with van der Waals surface area (Å²) in [4.78, 5) is 18.9. The van der Waals surface area contributed by atoms with Crippen LogP contribution >= 0.6 is 11.3 Å². The molecule has 1 aliphatic heterocycles. The topological polar surface area (TPSA) is 83.3 Å². The molecule has 3 rings (SSSR count). The average molecular weight is 267 g/mol. The first-order valence-corrected chi connectivity index (χ1v) is 7.08. The van der Waals surface area contributed by atoms with E-state index in [1.165, 1.54) is 24.2 Å². The number of nitrogens with one attached hydrogen (secondary N) is 2. The van der Waals surface area contributed by atoms with E-state index in [1.807, 2.05) is 4.90 Å². The number of hydrogen-bond acceptors (Lipinski definition) is 6. The van der Waals surface area contributed by atoms with Gasteiger partial charge in [0, 0.05) is 32.2 Å². The summed E-state index contributed by atoms with van der Waals surface area (Å²) in [6.07, 6.45) is 2.36. The number of anilines is 2. The zero-order chi connectivity index (χ0) is 12.5. The summed E-state index contributed by atoms with van der Waals surface area (Å²) in [5.41, 5.74) is 5.84. The Hall–Kier alpha value is -1.34. The van der Waals surface area contributed by atoms with Crippen LogP contribution in [0.25, 0.3) is 0 Å². The predicted molar refractivity (Wildman–Crippen MR) is 71.9 cm³/mol. The third-order valence-electron chi connectivity index (χ3n) is 3.16. The van der Waals surface area contributed by atoms with Crippen LogP contribution in [-0.2, 0) is 0 Å². The van der Waals surface area contributed by atoms with Crippen LogP contribution in [0.3, 0.4) is 0 Å². The van der Waals surface area contributed by atoms with E-state index in [1.54, 1.807) is 0 Å². The number of aromatic nitrogens is 1. The van der Waals surface area contributed by atoms with Crippen LogP contribution in [0.2, 0.25) is 0 Å². The first-order valence-electron chi connectivity index (χ1n) is 6.27. The van der Waals surface area contributed by atoms with Crippen LogP contribution in [0.4, 0.5) is 10.9 Å². The van der Waals surface area contributed by atoms with Crippen LogP contribution in [0.15, 0.2) is 0 Å². The van der Waals surface area contributed by atoms with Gasteiger partial charge in [0.2, 0.25) is 0 Å². The molecule has 0 atom stereocenters. The normalized spacial score (nSPS) is 19.9. The maximum Gasteiger partial charge on any atom is 0.267 e. The molecule has 0 aromatic carbocycles. The van der Waals surface area contributed by atoms with Crippen molar-refractivity contribution in [3.8, 4) is 0 Å². The lowest BCUT2D eigenvalue weighted by Crippen LogP contribution is -2.46. The summed E-state index contributed by atoms with van der Waals surface area (Å²) in [6, 6.07) is 0.526. The molecule has 2 heterocycles. The summed E-state index contributed by atoms with van der Waals surface area (Å²) >= 11 is 1.37. The molecule has 6 nitrogen and oxygen atoms in total. The molecule has 1 saturated heterocycles. The summed E-state index contributed by atoms with van der Waals surface area (Å²) in [7, 11) is 0. The van der Waals surface area contributed by atoms with Crippen molar-refractivity contribution >= 4 is 28.2 Å². The molecule has 1 aliphatic carbocycles. The molecule has 1 aromatic heterocycles. The van der Waals surface area contributed by atoms with E-state index >= 15 is 0 Å². The molecule has 4 N–H and O–H groups in total. The second kappa shape index (κ2) is 4.74. The number of carbonyl (C=O) groups excluding carboxylic acids is 1. The van der Waals surface area contributed by atoms with Crippen molar-refractivity contribution in [2.45, 2.75) is 18.9 Å². The van der Waals surface area contributed by atoms with E-state index < -0.39 is 0 Å². The molecule has 98 valence electrons. The Balaban J connectivity index is 1.73. The fourth-order valence-corrected chi connectivity index (χ4v) is 2.89. The number of piperazine rings is 1. The van der Waals surface area contributed by atoms with E-state index in [0.717, 1.165) is 31.3 Å². The second-order valence-electron chi connectivity index (χ2n) is 4.69. The highest BCUT2D eigenvalue weighted by Gasteiger charge is 2.26. The molecule has 1 saturated carbocycles. The van der Waals surface area contributed by atoms with Crippen LogP contribution in [0.1, 0.15) is 22.5 Å². The molecule has 7 heteroatoms. The van der Waals surface area contributed by atoms with Gasteiger partial charge in [0.25, 0.3) is 5.91 Å². The molecule has 18 heavy (non-hydrogen) atoms. The Bertz CT molecular complexity index is 450. The molecule has 2 aliphatic rings. The van der Waals surface area contributed by atoms with Crippen LogP contribution < -0.4 is 16.4 Å². The van der Waals surface area contributed by atoms with Gasteiger partial charge >= 0.3 is 0 Å². The molecule has 0 unspecified atom stereocenters. The third kappa shape index (κ3) is 2.41. The first-order chi connectivity index (χ1) is 8.74. The van der Waals surface area contributed by atoms with Gasteiger partial charge in [0.05, 0.1) is 0 Å². The van der Waals surface area contributed by atoms with Gasteiger partial charge in [-0.05, 0) is 12.8 Å². The van der Waals surface area contributed by atoms with Gasteiger partial charge in [0.15, 0.2) is 5.13 Å². The zero-order valence-electron chi connectivity index (χ0n) is 10.1. The lowest BCUT2D eigenvalue weighted by atomic mass is 10.3. The number of carbonyl (C=O) groups is 1. The number of thiazole rings is 1. The molecule has 1 amide bonds. The number of hydrogen-bond donors (Lipinski definition) is 3. The Morgan fingerprint density at radius 2 is 2.17 bits per heavy atom. The fourth-order valence-electron chi connectivity index (χ4n) is 1.96. The fraction of sp³-hybridized carbons (Fsp3) is 0.636. The zero-order valence-corrected chi connectivity index (χ0v) is 10.9. The van der Waals surface area contributed by atoms with Gasteiger partial charge in [-0.1, -0.05) is 11.3 Å². The lowest BCUT2D eigenvalue weighted by molar-refractivity contribution is 0.0741. The lowest BCUT2D eigenvalue weighted by Gasteiger charge is -2.26. The van der Waals surface area contributed by atoms with Crippen molar-refractivity contribution in [2.24, 2.45) is 0 Å². The Labute approximate surface area is 110 Å². The van der Waals surface area contributed by atoms with Crippen molar-refractivity contribution < 1.29 is 4.79 Å².